The molecule has 0 radical (unpaired) electrons. The molecule has 13 nitrogen and oxygen atoms in total. The molecule has 0 bridgehead atoms. The number of aliphatic hydroxyl groups is 3. The second-order valence-electron chi connectivity index (χ2n) is 10.5. The molecule has 4 unspecified atom stereocenters. The molecule has 4 N–H and O–H groups in total. The van der Waals surface area contributed by atoms with Gasteiger partial charge in [-0.15, -0.1) is 0 Å². The Hall–Kier alpha value is -3.30. The van der Waals surface area contributed by atoms with Crippen LogP contribution in [-0.4, -0.2) is 102 Å². The Bertz CT molecular complexity index is 1220. The first-order valence-electron chi connectivity index (χ1n) is 14.1. The number of carbonyl (C=O) groups excluding carboxylic acids is 2. The van der Waals surface area contributed by atoms with Crippen LogP contribution in [0.25, 0.3) is 0 Å². The molecule has 2 aliphatic rings. The van der Waals surface area contributed by atoms with Crippen molar-refractivity contribution in [1.29, 1.82) is 0 Å². The second kappa shape index (κ2) is 14.9. The first-order chi connectivity index (χ1) is 20.6. The van der Waals surface area contributed by atoms with Crippen molar-refractivity contribution in [2.24, 2.45) is 0 Å². The third kappa shape index (κ3) is 8.21. The summed E-state index contributed by atoms with van der Waals surface area (Å²) in [5.74, 6) is -0.175. The lowest BCUT2D eigenvalue weighted by Crippen LogP contribution is -2.76. The number of carbonyl (C=O) groups is 2. The van der Waals surface area contributed by atoms with Crippen LogP contribution in [0.2, 0.25) is 0 Å². The maximum Gasteiger partial charge on any atom is 0.411 e. The van der Waals surface area contributed by atoms with E-state index in [1.165, 1.54) is 11.8 Å². The van der Waals surface area contributed by atoms with Crippen molar-refractivity contribution in [2.45, 2.75) is 70.1 Å². The Balaban J connectivity index is 1.37. The number of benzene rings is 2. The van der Waals surface area contributed by atoms with Crippen LogP contribution in [0.5, 0.6) is 5.75 Å². The predicted octanol–water partition coefficient (Wildman–Crippen LogP) is 1.77. The summed E-state index contributed by atoms with van der Waals surface area (Å²) in [5, 5.41) is 33.1. The lowest BCUT2D eigenvalue weighted by molar-refractivity contribution is -0.388. The highest BCUT2D eigenvalue weighted by Crippen LogP contribution is 2.41. The fraction of sp³-hybridized carbons (Fsp3) is 0.533. The molecule has 2 aliphatic heterocycles. The molecule has 0 aromatic heterocycles. The minimum absolute atomic E-state index is 0.0727. The van der Waals surface area contributed by atoms with Gasteiger partial charge >= 0.3 is 6.09 Å². The Morgan fingerprint density at radius 3 is 2.60 bits per heavy atom. The van der Waals surface area contributed by atoms with Gasteiger partial charge in [-0.1, -0.05) is 36.4 Å². The van der Waals surface area contributed by atoms with Gasteiger partial charge in [-0.25, -0.2) is 4.79 Å². The number of amides is 2. The maximum atomic E-state index is 12.8. The molecule has 0 saturated carbocycles. The van der Waals surface area contributed by atoms with Crippen LogP contribution in [0, 0.1) is 0 Å². The van der Waals surface area contributed by atoms with Gasteiger partial charge in [0.05, 0.1) is 25.0 Å². The minimum atomic E-state index is -1.64. The van der Waals surface area contributed by atoms with E-state index < -0.39 is 43.1 Å². The second-order valence-corrected chi connectivity index (χ2v) is 10.5. The molecule has 13 heteroatoms. The molecule has 43 heavy (non-hydrogen) atoms. The van der Waals surface area contributed by atoms with Crippen LogP contribution in [0.4, 0.5) is 10.5 Å². The van der Waals surface area contributed by atoms with Gasteiger partial charge in [0.2, 0.25) is 12.2 Å². The van der Waals surface area contributed by atoms with Crippen molar-refractivity contribution >= 4 is 17.7 Å². The van der Waals surface area contributed by atoms with Crippen LogP contribution < -0.4 is 10.1 Å². The smallest absolute Gasteiger partial charge is 0.411 e. The quantitative estimate of drug-likeness (QED) is 0.232. The fourth-order valence-electron chi connectivity index (χ4n) is 4.86. The Morgan fingerprint density at radius 2 is 1.95 bits per heavy atom. The molecule has 4 rings (SSSR count). The molecular weight excluding hydrogens is 564 g/mol. The number of ether oxygens (including phenoxy) is 6. The van der Waals surface area contributed by atoms with E-state index in [4.69, 9.17) is 33.5 Å². The number of hydrogen-bond acceptors (Lipinski definition) is 11. The van der Waals surface area contributed by atoms with E-state index in [-0.39, 0.29) is 50.0 Å². The monoisotopic (exact) mass is 604 g/mol. The zero-order valence-corrected chi connectivity index (χ0v) is 24.5. The van der Waals surface area contributed by atoms with Gasteiger partial charge in [0.25, 0.3) is 0 Å². The Labute approximate surface area is 250 Å². The van der Waals surface area contributed by atoms with Gasteiger partial charge in [-0.2, -0.15) is 0 Å². The molecule has 2 fully saturated rings. The third-order valence-electron chi connectivity index (χ3n) is 7.26. The zero-order valence-electron chi connectivity index (χ0n) is 24.5. The number of rotatable bonds is 14. The average Bonchev–Trinajstić information content (AvgIpc) is 2.97. The third-order valence-corrected chi connectivity index (χ3v) is 7.26. The minimum Gasteiger partial charge on any atom is -0.460 e. The van der Waals surface area contributed by atoms with Crippen molar-refractivity contribution in [2.75, 3.05) is 38.6 Å². The average molecular weight is 605 g/mol. The van der Waals surface area contributed by atoms with Gasteiger partial charge in [0, 0.05) is 13.5 Å². The van der Waals surface area contributed by atoms with Gasteiger partial charge in [0.15, 0.2) is 6.10 Å². The van der Waals surface area contributed by atoms with E-state index in [9.17, 15) is 19.8 Å². The fourth-order valence-corrected chi connectivity index (χ4v) is 4.86. The van der Waals surface area contributed by atoms with E-state index >= 15 is 0 Å². The van der Waals surface area contributed by atoms with Crippen LogP contribution in [-0.2, 0) is 41.5 Å². The molecule has 2 aromatic carbocycles. The summed E-state index contributed by atoms with van der Waals surface area (Å²) in [4.78, 5) is 26.2. The number of nitrogens with one attached hydrogen (secondary N) is 1. The molecule has 2 heterocycles. The Morgan fingerprint density at radius 1 is 1.19 bits per heavy atom. The van der Waals surface area contributed by atoms with Gasteiger partial charge in [-0.3, -0.25) is 9.69 Å². The molecular formula is C30H40N2O11. The van der Waals surface area contributed by atoms with Crippen molar-refractivity contribution in [3.05, 3.63) is 59.7 Å². The van der Waals surface area contributed by atoms with Gasteiger partial charge in [-0.05, 0) is 43.5 Å². The number of anilines is 1. The lowest BCUT2D eigenvalue weighted by Gasteiger charge is -2.55. The van der Waals surface area contributed by atoms with Gasteiger partial charge in [0.1, 0.15) is 43.7 Å². The zero-order chi connectivity index (χ0) is 31.0. The lowest BCUT2D eigenvalue weighted by atomic mass is 9.81. The normalized spacial score (nSPS) is 25.2. The number of nitrogens with zero attached hydrogens (tertiary/aromatic N) is 1. The van der Waals surface area contributed by atoms with Crippen molar-refractivity contribution in [3.63, 3.8) is 0 Å². The SMILES string of the molecule is CCN(COC(C)Cc1ccccc1)C(=O)OCc1ccc(O[C@H]2OC(COCO)C(O)[C@@]3(O)COC23)c(NC(C)=O)c1. The molecule has 2 aromatic rings. The topological polar surface area (TPSA) is 165 Å². The molecule has 0 aliphatic carbocycles. The van der Waals surface area contributed by atoms with Crippen molar-refractivity contribution in [1.82, 2.24) is 4.90 Å². The van der Waals surface area contributed by atoms with Crippen molar-refractivity contribution < 1.29 is 53.3 Å². The van der Waals surface area contributed by atoms with E-state index in [0.29, 0.717) is 18.5 Å². The van der Waals surface area contributed by atoms with Crippen LogP contribution >= 0.6 is 0 Å². The highest BCUT2D eigenvalue weighted by atomic mass is 16.7. The van der Waals surface area contributed by atoms with Crippen LogP contribution in [0.1, 0.15) is 31.9 Å². The summed E-state index contributed by atoms with van der Waals surface area (Å²) in [7, 11) is 0. The highest BCUT2D eigenvalue weighted by molar-refractivity contribution is 5.90. The van der Waals surface area contributed by atoms with E-state index in [1.54, 1.807) is 18.2 Å². The number of hydrogen-bond donors (Lipinski definition) is 4. The Kier molecular flexibility index (Phi) is 11.3. The molecule has 2 saturated heterocycles. The summed E-state index contributed by atoms with van der Waals surface area (Å²) < 4.78 is 33.6. The number of fused-ring (bicyclic) bond motifs is 1. The molecule has 236 valence electrons. The molecule has 6 atom stereocenters. The van der Waals surface area contributed by atoms with Crippen molar-refractivity contribution in [3.8, 4) is 5.75 Å². The maximum absolute atomic E-state index is 12.8. The first kappa shape index (κ1) is 32.6. The summed E-state index contributed by atoms with van der Waals surface area (Å²) in [6.45, 7) is 4.56. The molecule has 2 amide bonds. The highest BCUT2D eigenvalue weighted by Gasteiger charge is 2.63. The largest absolute Gasteiger partial charge is 0.460 e. The van der Waals surface area contributed by atoms with E-state index in [2.05, 4.69) is 5.32 Å². The first-order valence-corrected chi connectivity index (χ1v) is 14.1. The van der Waals surface area contributed by atoms with E-state index in [1.807, 2.05) is 44.2 Å². The standard InChI is InChI=1S/C30H40N2O11/c1-4-32(17-41-19(2)12-21-8-6-5-7-9-21)29(36)39-14-22-10-11-24(23(13-22)31-20(3)34)42-28-27-30(37,16-40-27)26(35)25(43-28)15-38-18-33/h5-11,13,19,25-28,33,35,37H,4,12,14-18H2,1-3H3,(H,31,34)/t19?,25?,26?,27?,28-,30-/m0/s1. The number of aliphatic hydroxyl groups excluding tert-OH is 2. The summed E-state index contributed by atoms with van der Waals surface area (Å²) in [6, 6.07) is 14.7. The summed E-state index contributed by atoms with van der Waals surface area (Å²) in [5.41, 5.74) is 0.349. The molecule has 0 spiro atoms. The van der Waals surface area contributed by atoms with E-state index in [0.717, 1.165) is 5.56 Å². The predicted molar refractivity (Wildman–Crippen MR) is 152 cm³/mol. The van der Waals surface area contributed by atoms with Gasteiger partial charge < -0.3 is 49.1 Å². The van der Waals surface area contributed by atoms with Crippen LogP contribution in [0.15, 0.2) is 48.5 Å². The van der Waals surface area contributed by atoms with Crippen LogP contribution in [0.3, 0.4) is 0 Å². The summed E-state index contributed by atoms with van der Waals surface area (Å²) >= 11 is 0. The summed E-state index contributed by atoms with van der Waals surface area (Å²) in [6.07, 6.45) is -4.44.